The van der Waals surface area contributed by atoms with Crippen molar-refractivity contribution in [2.75, 3.05) is 20.1 Å². The molecule has 6 nitrogen and oxygen atoms in total. The van der Waals surface area contributed by atoms with Gasteiger partial charge in [0, 0.05) is 13.1 Å². The van der Waals surface area contributed by atoms with Crippen molar-refractivity contribution in [3.05, 3.63) is 0 Å². The number of piperidine rings is 1. The molecule has 0 aromatic heterocycles. The van der Waals surface area contributed by atoms with Gasteiger partial charge in [0.1, 0.15) is 0 Å². The first-order chi connectivity index (χ1) is 9.09. The van der Waals surface area contributed by atoms with Gasteiger partial charge < -0.3 is 20.6 Å². The molecule has 0 aliphatic carbocycles. The topological polar surface area (TPSA) is 81.7 Å². The number of carbonyl (C=O) groups is 2. The predicted octanol–water partition coefficient (Wildman–Crippen LogP) is 0.785. The average molecular weight is 297 g/mol. The van der Waals surface area contributed by atoms with E-state index in [1.807, 2.05) is 0 Å². The number of nitrogens with zero attached hydrogens (tertiary/aromatic N) is 1. The van der Waals surface area contributed by atoms with Gasteiger partial charge in [-0.1, -0.05) is 0 Å². The number of amides is 2. The van der Waals surface area contributed by atoms with Crippen LogP contribution in [0.4, 0.5) is 18.0 Å². The monoisotopic (exact) mass is 297 g/mol. The fraction of sp³-hybridized carbons (Fsp3) is 0.818. The van der Waals surface area contributed by atoms with Crippen molar-refractivity contribution in [2.24, 2.45) is 0 Å². The zero-order chi connectivity index (χ0) is 15.6. The predicted molar refractivity (Wildman–Crippen MR) is 64.3 cm³/mol. The maximum Gasteiger partial charge on any atom is 0.422 e. The number of halogens is 3. The second-order valence-corrected chi connectivity index (χ2v) is 4.95. The van der Waals surface area contributed by atoms with Crippen molar-refractivity contribution >= 4 is 12.0 Å². The lowest BCUT2D eigenvalue weighted by Crippen LogP contribution is -2.64. The summed E-state index contributed by atoms with van der Waals surface area (Å²) in [7, 11) is 1.37. The van der Waals surface area contributed by atoms with E-state index in [2.05, 4.69) is 5.32 Å². The molecular weight excluding hydrogens is 279 g/mol. The van der Waals surface area contributed by atoms with E-state index in [4.69, 9.17) is 5.11 Å². The highest BCUT2D eigenvalue weighted by Crippen LogP contribution is 2.30. The maximum atomic E-state index is 12.8. The Morgan fingerprint density at radius 2 is 1.80 bits per heavy atom. The van der Waals surface area contributed by atoms with E-state index in [0.717, 1.165) is 4.90 Å². The minimum absolute atomic E-state index is 0.206. The molecule has 3 N–H and O–H groups in total. The van der Waals surface area contributed by atoms with Crippen molar-refractivity contribution in [1.82, 2.24) is 15.5 Å². The Morgan fingerprint density at radius 1 is 1.30 bits per heavy atom. The molecule has 20 heavy (non-hydrogen) atoms. The Hall–Kier alpha value is -1.51. The van der Waals surface area contributed by atoms with Crippen LogP contribution >= 0.6 is 0 Å². The maximum absolute atomic E-state index is 12.8. The Bertz CT molecular complexity index is 383. The summed E-state index contributed by atoms with van der Waals surface area (Å²) in [5, 5.41) is 13.4. The van der Waals surface area contributed by atoms with Crippen LogP contribution in [0.2, 0.25) is 0 Å². The SMILES string of the molecule is CN(C(=O)NC(C)(C(=O)O)C(F)(F)F)C1CCNCC1. The van der Waals surface area contributed by atoms with Crippen molar-refractivity contribution in [1.29, 1.82) is 0 Å². The van der Waals surface area contributed by atoms with E-state index in [1.165, 1.54) is 7.05 Å². The molecule has 1 aliphatic rings. The number of alkyl halides is 3. The average Bonchev–Trinajstić information content (AvgIpc) is 2.37. The fourth-order valence-corrected chi connectivity index (χ4v) is 1.91. The second kappa shape index (κ2) is 5.86. The molecule has 1 aliphatic heterocycles. The van der Waals surface area contributed by atoms with Crippen molar-refractivity contribution in [2.45, 2.75) is 37.5 Å². The normalized spacial score (nSPS) is 20.1. The number of hydrogen-bond acceptors (Lipinski definition) is 3. The van der Waals surface area contributed by atoms with Crippen LogP contribution in [0.15, 0.2) is 0 Å². The van der Waals surface area contributed by atoms with Crippen LogP contribution in [0.25, 0.3) is 0 Å². The molecule has 116 valence electrons. The Labute approximate surface area is 114 Å². The standard InChI is InChI=1S/C11H18F3N3O3/c1-10(8(18)19,11(12,13)14)16-9(20)17(2)7-3-5-15-6-4-7/h7,15H,3-6H2,1-2H3,(H,16,20)(H,18,19). The number of hydrogen-bond donors (Lipinski definition) is 3. The molecule has 1 unspecified atom stereocenters. The van der Waals surface area contributed by atoms with Gasteiger partial charge in [-0.2, -0.15) is 13.2 Å². The Balaban J connectivity index is 2.78. The van der Waals surface area contributed by atoms with E-state index < -0.39 is 23.7 Å². The van der Waals surface area contributed by atoms with Gasteiger partial charge in [0.05, 0.1) is 0 Å². The van der Waals surface area contributed by atoms with Gasteiger partial charge in [0.15, 0.2) is 0 Å². The highest BCUT2D eigenvalue weighted by Gasteiger charge is 2.58. The Kier molecular flexibility index (Phi) is 4.85. The number of aliphatic carboxylic acids is 1. The third kappa shape index (κ3) is 3.33. The minimum Gasteiger partial charge on any atom is -0.479 e. The summed E-state index contributed by atoms with van der Waals surface area (Å²) in [6.45, 7) is 1.76. The van der Waals surface area contributed by atoms with Gasteiger partial charge in [0.25, 0.3) is 0 Å². The van der Waals surface area contributed by atoms with Crippen molar-refractivity contribution in [3.8, 4) is 0 Å². The van der Waals surface area contributed by atoms with Gasteiger partial charge >= 0.3 is 18.2 Å². The summed E-state index contributed by atoms with van der Waals surface area (Å²) >= 11 is 0. The van der Waals surface area contributed by atoms with Crippen LogP contribution in [-0.4, -0.2) is 59.9 Å². The minimum atomic E-state index is -5.08. The highest BCUT2D eigenvalue weighted by molar-refractivity contribution is 5.86. The molecule has 0 aromatic rings. The molecule has 9 heteroatoms. The van der Waals surface area contributed by atoms with Gasteiger partial charge in [-0.05, 0) is 32.9 Å². The first kappa shape index (κ1) is 16.5. The van der Waals surface area contributed by atoms with Gasteiger partial charge in [0.2, 0.25) is 5.54 Å². The van der Waals surface area contributed by atoms with E-state index >= 15 is 0 Å². The van der Waals surface area contributed by atoms with Crippen LogP contribution in [0, 0.1) is 0 Å². The van der Waals surface area contributed by atoms with E-state index in [9.17, 15) is 22.8 Å². The number of carboxylic acid groups (broad SMARTS) is 1. The number of carboxylic acids is 1. The molecule has 0 aromatic carbocycles. The summed E-state index contributed by atoms with van der Waals surface area (Å²) in [6, 6.07) is -1.25. The zero-order valence-electron chi connectivity index (χ0n) is 11.3. The van der Waals surface area contributed by atoms with E-state index in [-0.39, 0.29) is 6.04 Å². The summed E-state index contributed by atoms with van der Waals surface area (Å²) in [5.41, 5.74) is -3.30. The molecular formula is C11H18F3N3O3. The number of nitrogens with one attached hydrogen (secondary N) is 2. The molecule has 1 saturated heterocycles. The fourth-order valence-electron chi connectivity index (χ4n) is 1.91. The summed E-state index contributed by atoms with van der Waals surface area (Å²) in [5.74, 6) is -2.14. The lowest BCUT2D eigenvalue weighted by atomic mass is 10.0. The van der Waals surface area contributed by atoms with Crippen molar-refractivity contribution < 1.29 is 27.9 Å². The molecule has 1 rings (SSSR count). The molecule has 0 radical (unpaired) electrons. The molecule has 0 saturated carbocycles. The Morgan fingerprint density at radius 3 is 2.20 bits per heavy atom. The molecule has 1 atom stereocenters. The number of rotatable bonds is 3. The third-order valence-corrected chi connectivity index (χ3v) is 3.53. The molecule has 1 fully saturated rings. The van der Waals surface area contributed by atoms with E-state index in [1.54, 1.807) is 5.32 Å². The van der Waals surface area contributed by atoms with Gasteiger partial charge in [-0.25, -0.2) is 9.59 Å². The van der Waals surface area contributed by atoms with Crippen LogP contribution in [0.5, 0.6) is 0 Å². The molecule has 2 amide bonds. The molecule has 0 spiro atoms. The highest BCUT2D eigenvalue weighted by atomic mass is 19.4. The summed E-state index contributed by atoms with van der Waals surface area (Å²) in [4.78, 5) is 23.8. The quantitative estimate of drug-likeness (QED) is 0.719. The summed E-state index contributed by atoms with van der Waals surface area (Å²) < 4.78 is 38.4. The van der Waals surface area contributed by atoms with Crippen LogP contribution in [-0.2, 0) is 4.79 Å². The third-order valence-electron chi connectivity index (χ3n) is 3.53. The lowest BCUT2D eigenvalue weighted by molar-refractivity contribution is -0.203. The second-order valence-electron chi connectivity index (χ2n) is 4.95. The molecule has 1 heterocycles. The first-order valence-electron chi connectivity index (χ1n) is 6.15. The van der Waals surface area contributed by atoms with Gasteiger partial charge in [-0.15, -0.1) is 0 Å². The van der Waals surface area contributed by atoms with Crippen LogP contribution in [0.1, 0.15) is 19.8 Å². The largest absolute Gasteiger partial charge is 0.479 e. The molecule has 0 bridgehead atoms. The first-order valence-corrected chi connectivity index (χ1v) is 6.15. The smallest absolute Gasteiger partial charge is 0.422 e. The van der Waals surface area contributed by atoms with Gasteiger partial charge in [-0.3, -0.25) is 0 Å². The summed E-state index contributed by atoms with van der Waals surface area (Å²) in [6.07, 6.45) is -3.86. The van der Waals surface area contributed by atoms with Crippen molar-refractivity contribution in [3.63, 3.8) is 0 Å². The zero-order valence-corrected chi connectivity index (χ0v) is 11.3. The van der Waals surface area contributed by atoms with E-state index in [0.29, 0.717) is 32.9 Å². The lowest BCUT2D eigenvalue weighted by Gasteiger charge is -2.35. The van der Waals surface area contributed by atoms with Crippen LogP contribution < -0.4 is 10.6 Å². The number of carbonyl (C=O) groups excluding carboxylic acids is 1. The number of urea groups is 1. The van der Waals surface area contributed by atoms with Crippen LogP contribution in [0.3, 0.4) is 0 Å².